The summed E-state index contributed by atoms with van der Waals surface area (Å²) >= 11 is 0. The number of anilines is 1. The Morgan fingerprint density at radius 2 is 1.42 bits per heavy atom. The van der Waals surface area contributed by atoms with Gasteiger partial charge in [0.1, 0.15) is 0 Å². The molecule has 0 saturated heterocycles. The lowest BCUT2D eigenvalue weighted by atomic mass is 10.1. The molecule has 2 nitrogen and oxygen atoms in total. The maximum atomic E-state index is 3.53. The molecule has 0 bridgehead atoms. The highest BCUT2D eigenvalue weighted by Crippen LogP contribution is 2.24. The standard InChI is InChI=1S/C12H18N2.C10H8/c1-9(2)13-8-11-7-10-5-3-4-6-12(10)14-11;1-2-6-10-8-4-3-7-9(10)5-1/h3-6,9,11,13-14H,7-8H2,1-2H3;1-8H. The average Bonchev–Trinajstić information content (AvgIpc) is 3.04. The zero-order chi connectivity index (χ0) is 16.8. The van der Waals surface area contributed by atoms with Crippen LogP contribution >= 0.6 is 0 Å². The Morgan fingerprint density at radius 1 is 0.875 bits per heavy atom. The van der Waals surface area contributed by atoms with Crippen molar-refractivity contribution >= 4 is 16.5 Å². The van der Waals surface area contributed by atoms with Gasteiger partial charge in [0.05, 0.1) is 0 Å². The Bertz CT molecular complexity index is 689. The summed E-state index contributed by atoms with van der Waals surface area (Å²) in [5.41, 5.74) is 2.76. The molecular weight excluding hydrogens is 292 g/mol. The van der Waals surface area contributed by atoms with Crippen molar-refractivity contribution in [1.82, 2.24) is 5.32 Å². The third kappa shape index (κ3) is 4.36. The smallest absolute Gasteiger partial charge is 0.0427 e. The molecule has 0 aliphatic carbocycles. The molecule has 3 aromatic rings. The Hall–Kier alpha value is -2.32. The van der Waals surface area contributed by atoms with E-state index in [1.54, 1.807) is 0 Å². The SMILES string of the molecule is CC(C)NCC1Cc2ccccc2N1.c1ccc2ccccc2c1. The van der Waals surface area contributed by atoms with E-state index in [0.29, 0.717) is 12.1 Å². The molecule has 1 aliphatic rings. The monoisotopic (exact) mass is 318 g/mol. The number of benzene rings is 3. The van der Waals surface area contributed by atoms with Crippen molar-refractivity contribution in [1.29, 1.82) is 0 Å². The number of rotatable bonds is 3. The highest BCUT2D eigenvalue weighted by molar-refractivity contribution is 5.82. The van der Waals surface area contributed by atoms with Gasteiger partial charge in [-0.15, -0.1) is 0 Å². The van der Waals surface area contributed by atoms with Crippen LogP contribution in [0.25, 0.3) is 10.8 Å². The van der Waals surface area contributed by atoms with Gasteiger partial charge in [-0.1, -0.05) is 80.6 Å². The Balaban J connectivity index is 0.000000149. The normalized spacial score (nSPS) is 15.5. The van der Waals surface area contributed by atoms with Gasteiger partial charge in [-0.3, -0.25) is 0 Å². The molecule has 3 aromatic carbocycles. The van der Waals surface area contributed by atoms with Crippen LogP contribution in [0, 0.1) is 0 Å². The molecule has 1 atom stereocenters. The molecule has 0 amide bonds. The molecule has 0 radical (unpaired) electrons. The molecule has 2 heteroatoms. The number of fused-ring (bicyclic) bond motifs is 2. The fraction of sp³-hybridized carbons (Fsp3) is 0.273. The van der Waals surface area contributed by atoms with Crippen molar-refractivity contribution in [2.45, 2.75) is 32.4 Å². The number of hydrogen-bond acceptors (Lipinski definition) is 2. The molecular formula is C22H26N2. The van der Waals surface area contributed by atoms with Gasteiger partial charge in [-0.2, -0.15) is 0 Å². The van der Waals surface area contributed by atoms with E-state index in [1.807, 2.05) is 0 Å². The van der Waals surface area contributed by atoms with E-state index in [2.05, 4.69) is 97.3 Å². The second kappa shape index (κ2) is 7.98. The predicted molar refractivity (Wildman–Crippen MR) is 105 cm³/mol. The van der Waals surface area contributed by atoms with Crippen LogP contribution in [0.5, 0.6) is 0 Å². The van der Waals surface area contributed by atoms with Crippen molar-refractivity contribution in [3.8, 4) is 0 Å². The maximum absolute atomic E-state index is 3.53. The molecule has 2 N–H and O–H groups in total. The van der Waals surface area contributed by atoms with Crippen molar-refractivity contribution in [3.63, 3.8) is 0 Å². The first-order valence-corrected chi connectivity index (χ1v) is 8.74. The molecule has 24 heavy (non-hydrogen) atoms. The van der Waals surface area contributed by atoms with E-state index in [1.165, 1.54) is 22.0 Å². The van der Waals surface area contributed by atoms with Crippen LogP contribution in [0.3, 0.4) is 0 Å². The van der Waals surface area contributed by atoms with Crippen LogP contribution in [0.4, 0.5) is 5.69 Å². The zero-order valence-electron chi connectivity index (χ0n) is 14.5. The van der Waals surface area contributed by atoms with Gasteiger partial charge in [0.15, 0.2) is 0 Å². The van der Waals surface area contributed by atoms with Gasteiger partial charge in [0, 0.05) is 24.3 Å². The van der Waals surface area contributed by atoms with Gasteiger partial charge >= 0.3 is 0 Å². The number of nitrogens with one attached hydrogen (secondary N) is 2. The largest absolute Gasteiger partial charge is 0.380 e. The summed E-state index contributed by atoms with van der Waals surface area (Å²) in [5, 5.41) is 9.61. The van der Waals surface area contributed by atoms with Gasteiger partial charge in [0.25, 0.3) is 0 Å². The summed E-state index contributed by atoms with van der Waals surface area (Å²) in [6.45, 7) is 5.41. The van der Waals surface area contributed by atoms with E-state index in [9.17, 15) is 0 Å². The molecule has 0 spiro atoms. The predicted octanol–water partition coefficient (Wildman–Crippen LogP) is 4.86. The average molecular weight is 318 g/mol. The lowest BCUT2D eigenvalue weighted by Gasteiger charge is -2.14. The number of hydrogen-bond donors (Lipinski definition) is 2. The molecule has 0 aromatic heterocycles. The first-order chi connectivity index (χ1) is 11.7. The second-order valence-corrected chi connectivity index (χ2v) is 6.61. The fourth-order valence-corrected chi connectivity index (χ4v) is 3.01. The number of para-hydroxylation sites is 1. The molecule has 1 heterocycles. The third-order valence-corrected chi connectivity index (χ3v) is 4.27. The highest BCUT2D eigenvalue weighted by atomic mass is 15.0. The van der Waals surface area contributed by atoms with Gasteiger partial charge < -0.3 is 10.6 Å². The van der Waals surface area contributed by atoms with E-state index in [-0.39, 0.29) is 0 Å². The molecule has 0 fully saturated rings. The van der Waals surface area contributed by atoms with Crippen LogP contribution in [0.2, 0.25) is 0 Å². The molecule has 4 rings (SSSR count). The lowest BCUT2D eigenvalue weighted by molar-refractivity contribution is 0.549. The minimum Gasteiger partial charge on any atom is -0.380 e. The first-order valence-electron chi connectivity index (χ1n) is 8.74. The van der Waals surface area contributed by atoms with Crippen LogP contribution < -0.4 is 10.6 Å². The summed E-state index contributed by atoms with van der Waals surface area (Å²) in [7, 11) is 0. The molecule has 0 saturated carbocycles. The summed E-state index contributed by atoms with van der Waals surface area (Å²) in [6, 6.07) is 26.4. The van der Waals surface area contributed by atoms with E-state index < -0.39 is 0 Å². The van der Waals surface area contributed by atoms with Crippen LogP contribution in [-0.4, -0.2) is 18.6 Å². The minimum absolute atomic E-state index is 0.565. The van der Waals surface area contributed by atoms with Crippen LogP contribution in [-0.2, 0) is 6.42 Å². The Morgan fingerprint density at radius 3 is 1.96 bits per heavy atom. The van der Waals surface area contributed by atoms with E-state index in [4.69, 9.17) is 0 Å². The lowest BCUT2D eigenvalue weighted by Crippen LogP contribution is -2.35. The minimum atomic E-state index is 0.565. The summed E-state index contributed by atoms with van der Waals surface area (Å²) in [5.74, 6) is 0. The highest BCUT2D eigenvalue weighted by Gasteiger charge is 2.19. The summed E-state index contributed by atoms with van der Waals surface area (Å²) < 4.78 is 0. The van der Waals surface area contributed by atoms with Crippen molar-refractivity contribution in [2.24, 2.45) is 0 Å². The summed E-state index contributed by atoms with van der Waals surface area (Å²) in [4.78, 5) is 0. The third-order valence-electron chi connectivity index (χ3n) is 4.27. The maximum Gasteiger partial charge on any atom is 0.0427 e. The zero-order valence-corrected chi connectivity index (χ0v) is 14.5. The molecule has 1 unspecified atom stereocenters. The fourth-order valence-electron chi connectivity index (χ4n) is 3.01. The van der Waals surface area contributed by atoms with Crippen molar-refractivity contribution < 1.29 is 0 Å². The van der Waals surface area contributed by atoms with Crippen molar-refractivity contribution in [2.75, 3.05) is 11.9 Å². The second-order valence-electron chi connectivity index (χ2n) is 6.61. The van der Waals surface area contributed by atoms with Crippen LogP contribution in [0.1, 0.15) is 19.4 Å². The van der Waals surface area contributed by atoms with E-state index in [0.717, 1.165) is 13.0 Å². The quantitative estimate of drug-likeness (QED) is 0.720. The van der Waals surface area contributed by atoms with E-state index >= 15 is 0 Å². The van der Waals surface area contributed by atoms with Crippen molar-refractivity contribution in [3.05, 3.63) is 78.4 Å². The van der Waals surface area contributed by atoms with Gasteiger partial charge in [-0.05, 0) is 28.8 Å². The Kier molecular flexibility index (Phi) is 5.50. The first kappa shape index (κ1) is 16.5. The summed E-state index contributed by atoms with van der Waals surface area (Å²) in [6.07, 6.45) is 1.15. The molecule has 1 aliphatic heterocycles. The topological polar surface area (TPSA) is 24.1 Å². The van der Waals surface area contributed by atoms with Gasteiger partial charge in [0.2, 0.25) is 0 Å². The van der Waals surface area contributed by atoms with Gasteiger partial charge in [-0.25, -0.2) is 0 Å². The molecule has 124 valence electrons. The van der Waals surface area contributed by atoms with Crippen LogP contribution in [0.15, 0.2) is 72.8 Å². The Labute approximate surface area is 144 Å².